The van der Waals surface area contributed by atoms with E-state index in [1.807, 2.05) is 48.8 Å². The molecule has 24 heavy (non-hydrogen) atoms. The number of benzene rings is 1. The summed E-state index contributed by atoms with van der Waals surface area (Å²) in [5, 5.41) is 15.2. The molecule has 5 heteroatoms. The number of hydrogen-bond acceptors (Lipinski definition) is 3. The van der Waals surface area contributed by atoms with Crippen LogP contribution in [0.4, 0.5) is 0 Å². The first-order valence-electron chi connectivity index (χ1n) is 7.68. The van der Waals surface area contributed by atoms with Crippen LogP contribution >= 0.6 is 11.3 Å². The molecule has 0 aliphatic heterocycles. The van der Waals surface area contributed by atoms with Crippen molar-refractivity contribution in [2.24, 2.45) is 0 Å². The Labute approximate surface area is 144 Å². The van der Waals surface area contributed by atoms with Crippen molar-refractivity contribution in [3.05, 3.63) is 63.5 Å². The van der Waals surface area contributed by atoms with E-state index >= 15 is 0 Å². The highest BCUT2D eigenvalue weighted by atomic mass is 32.1. The fourth-order valence-corrected chi connectivity index (χ4v) is 3.41. The second-order valence-corrected chi connectivity index (χ2v) is 6.45. The summed E-state index contributed by atoms with van der Waals surface area (Å²) >= 11 is 1.52. The van der Waals surface area contributed by atoms with E-state index in [4.69, 9.17) is 0 Å². The molecule has 0 unspecified atom stereocenters. The average Bonchev–Trinajstić information content (AvgIpc) is 3.19. The van der Waals surface area contributed by atoms with Crippen LogP contribution in [0.25, 0.3) is 17.0 Å². The highest BCUT2D eigenvalue weighted by molar-refractivity contribution is 7.11. The number of aromatic amines is 1. The molecule has 2 N–H and O–H groups in total. The number of aryl methyl sites for hydroxylation is 1. The normalized spacial score (nSPS) is 11.4. The topological polar surface area (TPSA) is 68.7 Å². The number of carbonyl (C=O) groups is 1. The molecule has 1 amide bonds. The number of fused-ring (bicyclic) bond motifs is 1. The van der Waals surface area contributed by atoms with Gasteiger partial charge in [-0.3, -0.25) is 4.79 Å². The van der Waals surface area contributed by atoms with Gasteiger partial charge in [0.05, 0.1) is 0 Å². The first-order valence-corrected chi connectivity index (χ1v) is 8.56. The lowest BCUT2D eigenvalue weighted by Crippen LogP contribution is -2.26. The summed E-state index contributed by atoms with van der Waals surface area (Å²) in [6, 6.07) is 12.0. The van der Waals surface area contributed by atoms with Gasteiger partial charge >= 0.3 is 0 Å². The Kier molecular flexibility index (Phi) is 4.78. The zero-order valence-electron chi connectivity index (χ0n) is 13.3. The van der Waals surface area contributed by atoms with Crippen molar-refractivity contribution >= 4 is 34.2 Å². The Morgan fingerprint density at radius 3 is 2.96 bits per heavy atom. The van der Waals surface area contributed by atoms with Crippen molar-refractivity contribution in [3.8, 4) is 6.07 Å². The molecule has 0 saturated heterocycles. The summed E-state index contributed by atoms with van der Waals surface area (Å²) in [5.41, 5.74) is 3.45. The van der Waals surface area contributed by atoms with Crippen LogP contribution in [0.15, 0.2) is 47.5 Å². The Balaban J connectivity index is 1.64. The molecular formula is C19H17N3OS. The van der Waals surface area contributed by atoms with E-state index in [-0.39, 0.29) is 11.5 Å². The number of hydrogen-bond donors (Lipinski definition) is 2. The van der Waals surface area contributed by atoms with Gasteiger partial charge in [0.1, 0.15) is 11.6 Å². The Bertz CT molecular complexity index is 943. The number of nitriles is 1. The molecule has 0 spiro atoms. The minimum Gasteiger partial charge on any atom is -0.361 e. The van der Waals surface area contributed by atoms with E-state index in [0.717, 1.165) is 26.9 Å². The van der Waals surface area contributed by atoms with Crippen LogP contribution in [0.5, 0.6) is 0 Å². The van der Waals surface area contributed by atoms with Gasteiger partial charge in [0.2, 0.25) is 0 Å². The number of rotatable bonds is 5. The minimum absolute atomic E-state index is 0.138. The van der Waals surface area contributed by atoms with E-state index in [2.05, 4.69) is 16.4 Å². The van der Waals surface area contributed by atoms with Crippen LogP contribution in [0.1, 0.15) is 16.0 Å². The summed E-state index contributed by atoms with van der Waals surface area (Å²) in [7, 11) is 0. The maximum atomic E-state index is 12.2. The summed E-state index contributed by atoms with van der Waals surface area (Å²) in [5.74, 6) is -0.329. The van der Waals surface area contributed by atoms with E-state index in [1.54, 1.807) is 6.08 Å². The molecule has 1 aromatic carbocycles. The number of thiophene rings is 1. The molecule has 0 radical (unpaired) electrons. The third-order valence-electron chi connectivity index (χ3n) is 3.90. The van der Waals surface area contributed by atoms with Crippen molar-refractivity contribution in [1.29, 1.82) is 5.26 Å². The highest BCUT2D eigenvalue weighted by Gasteiger charge is 2.10. The molecule has 3 aromatic rings. The quantitative estimate of drug-likeness (QED) is 0.550. The smallest absolute Gasteiger partial charge is 0.261 e. The van der Waals surface area contributed by atoms with Crippen LogP contribution in [0.2, 0.25) is 0 Å². The lowest BCUT2D eigenvalue weighted by Gasteiger charge is -2.04. The summed E-state index contributed by atoms with van der Waals surface area (Å²) in [6.45, 7) is 2.45. The lowest BCUT2D eigenvalue weighted by molar-refractivity contribution is -0.117. The Morgan fingerprint density at radius 1 is 1.38 bits per heavy atom. The summed E-state index contributed by atoms with van der Waals surface area (Å²) in [4.78, 5) is 16.4. The van der Waals surface area contributed by atoms with Crippen molar-refractivity contribution in [2.75, 3.05) is 6.54 Å². The van der Waals surface area contributed by atoms with Gasteiger partial charge in [-0.1, -0.05) is 18.2 Å². The predicted molar refractivity (Wildman–Crippen MR) is 97.7 cm³/mol. The number of H-pyrrole nitrogens is 1. The van der Waals surface area contributed by atoms with Gasteiger partial charge in [-0.2, -0.15) is 5.26 Å². The second-order valence-electron chi connectivity index (χ2n) is 5.50. The van der Waals surface area contributed by atoms with E-state index in [9.17, 15) is 10.1 Å². The molecule has 0 saturated carbocycles. The lowest BCUT2D eigenvalue weighted by atomic mass is 10.1. The van der Waals surface area contributed by atoms with Crippen molar-refractivity contribution in [2.45, 2.75) is 13.3 Å². The van der Waals surface area contributed by atoms with Crippen LogP contribution < -0.4 is 5.32 Å². The van der Waals surface area contributed by atoms with Gasteiger partial charge in [0.25, 0.3) is 5.91 Å². The van der Waals surface area contributed by atoms with Crippen LogP contribution in [-0.2, 0) is 11.2 Å². The largest absolute Gasteiger partial charge is 0.361 e. The van der Waals surface area contributed by atoms with Gasteiger partial charge in [-0.15, -0.1) is 11.3 Å². The van der Waals surface area contributed by atoms with Gasteiger partial charge in [-0.05, 0) is 48.1 Å². The minimum atomic E-state index is -0.329. The Morgan fingerprint density at radius 2 is 2.21 bits per heavy atom. The first-order chi connectivity index (χ1) is 11.7. The maximum absolute atomic E-state index is 12.2. The molecule has 0 aliphatic rings. The number of aromatic nitrogens is 1. The molecule has 2 heterocycles. The molecule has 0 atom stereocenters. The zero-order valence-corrected chi connectivity index (χ0v) is 14.1. The number of carbonyl (C=O) groups excluding carboxylic acids is 1. The molecule has 3 rings (SSSR count). The van der Waals surface area contributed by atoms with Gasteiger partial charge in [0.15, 0.2) is 0 Å². The second kappa shape index (κ2) is 7.16. The third kappa shape index (κ3) is 3.39. The number of nitrogens with one attached hydrogen (secondary N) is 2. The SMILES string of the molecule is Cc1ccsc1C=C(C#N)C(=O)NCCc1c[nH]c2ccccc12. The fraction of sp³-hybridized carbons (Fsp3) is 0.158. The monoisotopic (exact) mass is 335 g/mol. The van der Waals surface area contributed by atoms with Crippen molar-refractivity contribution in [3.63, 3.8) is 0 Å². The number of nitrogens with zero attached hydrogens (tertiary/aromatic N) is 1. The van der Waals surface area contributed by atoms with Crippen LogP contribution in [-0.4, -0.2) is 17.4 Å². The van der Waals surface area contributed by atoms with E-state index in [1.165, 1.54) is 11.3 Å². The predicted octanol–water partition coefficient (Wildman–Crippen LogP) is 3.80. The third-order valence-corrected chi connectivity index (χ3v) is 4.86. The van der Waals surface area contributed by atoms with Gasteiger partial charge in [-0.25, -0.2) is 0 Å². The zero-order chi connectivity index (χ0) is 16.9. The fourth-order valence-electron chi connectivity index (χ4n) is 2.56. The maximum Gasteiger partial charge on any atom is 0.261 e. The summed E-state index contributed by atoms with van der Waals surface area (Å²) < 4.78 is 0. The molecule has 4 nitrogen and oxygen atoms in total. The molecule has 0 bridgehead atoms. The van der Waals surface area contributed by atoms with Crippen molar-refractivity contribution < 1.29 is 4.79 Å². The standard InChI is InChI=1S/C19H17N3OS/c1-13-7-9-24-18(13)10-15(11-20)19(23)21-8-6-14-12-22-17-5-3-2-4-16(14)17/h2-5,7,9-10,12,22H,6,8H2,1H3,(H,21,23). The average molecular weight is 335 g/mol. The van der Waals surface area contributed by atoms with Gasteiger partial charge < -0.3 is 10.3 Å². The highest BCUT2D eigenvalue weighted by Crippen LogP contribution is 2.19. The molecular weight excluding hydrogens is 318 g/mol. The first kappa shape index (κ1) is 16.0. The molecule has 0 fully saturated rings. The van der Waals surface area contributed by atoms with Crippen molar-refractivity contribution in [1.82, 2.24) is 10.3 Å². The summed E-state index contributed by atoms with van der Waals surface area (Å²) in [6.07, 6.45) is 4.33. The van der Waals surface area contributed by atoms with Crippen LogP contribution in [0, 0.1) is 18.3 Å². The molecule has 2 aromatic heterocycles. The van der Waals surface area contributed by atoms with Crippen LogP contribution in [0.3, 0.4) is 0 Å². The van der Waals surface area contributed by atoms with E-state index in [0.29, 0.717) is 13.0 Å². The Hall–Kier alpha value is -2.84. The number of amides is 1. The molecule has 120 valence electrons. The molecule has 0 aliphatic carbocycles. The number of para-hydroxylation sites is 1. The van der Waals surface area contributed by atoms with E-state index < -0.39 is 0 Å². The van der Waals surface area contributed by atoms with Gasteiger partial charge in [0, 0.05) is 28.5 Å².